The van der Waals surface area contributed by atoms with E-state index in [9.17, 15) is 0 Å². The molecule has 3 heteroatoms. The first-order chi connectivity index (χ1) is 26.3. The van der Waals surface area contributed by atoms with Gasteiger partial charge in [-0.1, -0.05) is 164 Å². The molecule has 11 aromatic rings. The third-order valence-corrected chi connectivity index (χ3v) is 10.6. The van der Waals surface area contributed by atoms with Gasteiger partial charge in [-0.15, -0.1) is 0 Å². The maximum atomic E-state index is 7.07. The van der Waals surface area contributed by atoms with Gasteiger partial charge in [-0.2, -0.15) is 0 Å². The van der Waals surface area contributed by atoms with Gasteiger partial charge in [-0.05, 0) is 40.1 Å². The molecule has 0 spiro atoms. The van der Waals surface area contributed by atoms with Crippen LogP contribution in [0.5, 0.6) is 0 Å². The summed E-state index contributed by atoms with van der Waals surface area (Å²) in [6, 6.07) is 66.5. The lowest BCUT2D eigenvalue weighted by atomic mass is 9.97. The molecule has 0 fully saturated rings. The normalized spacial score (nSPS) is 11.8. The summed E-state index contributed by atoms with van der Waals surface area (Å²) in [6.07, 6.45) is 0. The van der Waals surface area contributed by atoms with E-state index in [0.29, 0.717) is 0 Å². The van der Waals surface area contributed by atoms with Gasteiger partial charge in [-0.3, -0.25) is 0 Å². The van der Waals surface area contributed by atoms with Crippen molar-refractivity contribution in [3.63, 3.8) is 0 Å². The van der Waals surface area contributed by atoms with E-state index in [1.807, 2.05) is 6.07 Å². The number of hydrogen-bond acceptors (Lipinski definition) is 3. The van der Waals surface area contributed by atoms with Crippen molar-refractivity contribution in [1.82, 2.24) is 0 Å². The number of anilines is 3. The van der Waals surface area contributed by atoms with Crippen LogP contribution in [0.25, 0.3) is 87.7 Å². The summed E-state index contributed by atoms with van der Waals surface area (Å²) in [5.74, 6) is 0. The van der Waals surface area contributed by atoms with Gasteiger partial charge >= 0.3 is 0 Å². The van der Waals surface area contributed by atoms with E-state index in [2.05, 4.69) is 187 Å². The summed E-state index contributed by atoms with van der Waals surface area (Å²) in [4.78, 5) is 2.38. The average molecular weight is 678 g/mol. The van der Waals surface area contributed by atoms with Crippen molar-refractivity contribution in [2.75, 3.05) is 4.90 Å². The van der Waals surface area contributed by atoms with Crippen molar-refractivity contribution in [3.8, 4) is 22.3 Å². The number of para-hydroxylation sites is 3. The van der Waals surface area contributed by atoms with E-state index >= 15 is 0 Å². The fourth-order valence-electron chi connectivity index (χ4n) is 8.28. The molecule has 11 rings (SSSR count). The van der Waals surface area contributed by atoms with Crippen molar-refractivity contribution < 1.29 is 8.83 Å². The van der Waals surface area contributed by atoms with Gasteiger partial charge in [0, 0.05) is 49.5 Å². The maximum Gasteiger partial charge on any atom is 0.159 e. The first kappa shape index (κ1) is 29.6. The van der Waals surface area contributed by atoms with Crippen LogP contribution in [-0.4, -0.2) is 0 Å². The molecule has 0 radical (unpaired) electrons. The van der Waals surface area contributed by atoms with Crippen molar-refractivity contribution in [2.45, 2.75) is 0 Å². The van der Waals surface area contributed by atoms with Crippen molar-refractivity contribution in [3.05, 3.63) is 188 Å². The number of benzene rings is 9. The molecule has 0 aliphatic heterocycles. The van der Waals surface area contributed by atoms with Crippen LogP contribution < -0.4 is 4.90 Å². The van der Waals surface area contributed by atoms with Gasteiger partial charge < -0.3 is 13.7 Å². The lowest BCUT2D eigenvalue weighted by molar-refractivity contribution is 0.669. The first-order valence-corrected chi connectivity index (χ1v) is 18.0. The lowest BCUT2D eigenvalue weighted by Gasteiger charge is -2.29. The molecule has 0 saturated heterocycles. The molecule has 0 N–H and O–H groups in total. The van der Waals surface area contributed by atoms with E-state index in [1.54, 1.807) is 0 Å². The lowest BCUT2D eigenvalue weighted by Crippen LogP contribution is -2.12. The number of hydrogen-bond donors (Lipinski definition) is 0. The van der Waals surface area contributed by atoms with Crippen LogP contribution >= 0.6 is 0 Å². The van der Waals surface area contributed by atoms with Crippen LogP contribution in [0, 0.1) is 0 Å². The molecule has 0 aliphatic rings. The first-order valence-electron chi connectivity index (χ1n) is 18.0. The minimum absolute atomic E-state index is 0.827. The number of furan rings is 2. The summed E-state index contributed by atoms with van der Waals surface area (Å²) >= 11 is 0. The largest absolute Gasteiger partial charge is 0.455 e. The summed E-state index contributed by atoms with van der Waals surface area (Å²) in [7, 11) is 0. The second kappa shape index (κ2) is 11.7. The Kier molecular flexibility index (Phi) is 6.55. The highest BCUT2D eigenvalue weighted by molar-refractivity contribution is 6.26. The van der Waals surface area contributed by atoms with Crippen LogP contribution in [0.3, 0.4) is 0 Å². The Morgan fingerprint density at radius 3 is 1.72 bits per heavy atom. The molecule has 0 bridgehead atoms. The topological polar surface area (TPSA) is 29.5 Å². The van der Waals surface area contributed by atoms with Gasteiger partial charge in [0.2, 0.25) is 0 Å². The molecule has 9 aromatic carbocycles. The smallest absolute Gasteiger partial charge is 0.159 e. The molecule has 0 unspecified atom stereocenters. The number of rotatable bonds is 5. The zero-order chi connectivity index (χ0) is 34.9. The Morgan fingerprint density at radius 2 is 0.906 bits per heavy atom. The molecular formula is C50H31NO2. The van der Waals surface area contributed by atoms with Gasteiger partial charge in [0.1, 0.15) is 16.7 Å². The van der Waals surface area contributed by atoms with Crippen LogP contribution in [0.15, 0.2) is 197 Å². The van der Waals surface area contributed by atoms with Crippen molar-refractivity contribution in [1.29, 1.82) is 0 Å². The quantitative estimate of drug-likeness (QED) is 0.182. The van der Waals surface area contributed by atoms with E-state index in [0.717, 1.165) is 105 Å². The fraction of sp³-hybridized carbons (Fsp3) is 0. The molecule has 0 amide bonds. The Hall–Kier alpha value is -7.10. The van der Waals surface area contributed by atoms with E-state index in [1.165, 1.54) is 0 Å². The van der Waals surface area contributed by atoms with Gasteiger partial charge in [-0.25, -0.2) is 0 Å². The highest BCUT2D eigenvalue weighted by atomic mass is 16.3. The highest BCUT2D eigenvalue weighted by Crippen LogP contribution is 2.50. The fourth-order valence-corrected chi connectivity index (χ4v) is 8.28. The van der Waals surface area contributed by atoms with E-state index in [-0.39, 0.29) is 0 Å². The molecular weight excluding hydrogens is 647 g/mol. The molecule has 2 heterocycles. The molecule has 248 valence electrons. The van der Waals surface area contributed by atoms with Gasteiger partial charge in [0.15, 0.2) is 5.58 Å². The SMILES string of the molecule is c1ccc(-c2ccccc2N(c2cc3oc4c5ccccc5ccc4c3c3ccccc23)c2cccc3c2oc2c(-c4ccccc4)cccc23)cc1. The van der Waals surface area contributed by atoms with E-state index in [4.69, 9.17) is 8.83 Å². The highest BCUT2D eigenvalue weighted by Gasteiger charge is 2.26. The van der Waals surface area contributed by atoms with Crippen molar-refractivity contribution >= 4 is 82.5 Å². The monoisotopic (exact) mass is 677 g/mol. The van der Waals surface area contributed by atoms with Crippen LogP contribution in [0.2, 0.25) is 0 Å². The summed E-state index contributed by atoms with van der Waals surface area (Å²) in [6.45, 7) is 0. The van der Waals surface area contributed by atoms with Crippen LogP contribution in [0.1, 0.15) is 0 Å². The Bertz CT molecular complexity index is 3170. The second-order valence-electron chi connectivity index (χ2n) is 13.6. The molecule has 0 atom stereocenters. The van der Waals surface area contributed by atoms with E-state index < -0.39 is 0 Å². The van der Waals surface area contributed by atoms with Crippen LogP contribution in [0.4, 0.5) is 17.1 Å². The molecule has 53 heavy (non-hydrogen) atoms. The zero-order valence-electron chi connectivity index (χ0n) is 28.7. The Morgan fingerprint density at radius 1 is 0.321 bits per heavy atom. The Balaban J connectivity index is 1.26. The summed E-state index contributed by atoms with van der Waals surface area (Å²) < 4.78 is 14.0. The third kappa shape index (κ3) is 4.54. The third-order valence-electron chi connectivity index (χ3n) is 10.6. The minimum Gasteiger partial charge on any atom is -0.455 e. The molecule has 2 aromatic heterocycles. The molecule has 3 nitrogen and oxygen atoms in total. The second-order valence-corrected chi connectivity index (χ2v) is 13.6. The summed E-state index contributed by atoms with van der Waals surface area (Å²) in [5.41, 5.74) is 10.9. The minimum atomic E-state index is 0.827. The predicted octanol–water partition coefficient (Wildman–Crippen LogP) is 14.6. The van der Waals surface area contributed by atoms with Gasteiger partial charge in [0.25, 0.3) is 0 Å². The maximum absolute atomic E-state index is 7.07. The van der Waals surface area contributed by atoms with Crippen LogP contribution in [-0.2, 0) is 0 Å². The molecule has 0 aliphatic carbocycles. The Labute approximate surface area is 305 Å². The van der Waals surface area contributed by atoms with Gasteiger partial charge in [0.05, 0.1) is 17.1 Å². The molecule has 0 saturated carbocycles. The number of fused-ring (bicyclic) bond motifs is 10. The summed E-state index contributed by atoms with van der Waals surface area (Å²) in [5, 5.41) is 8.92. The standard InChI is InChI=1S/C50H31NO2/c1-3-15-32(16-4-1)35-20-11-12-27-43(35)51(44-28-14-26-41-40-25-13-24-37(48(40)53-50(41)44)33-17-5-2-6-18-33)45-31-46-47(39-23-10-9-22-38(39)45)42-30-29-34-19-7-8-21-36(34)49(42)52-46/h1-31H. The van der Waals surface area contributed by atoms with Crippen molar-refractivity contribution in [2.24, 2.45) is 0 Å². The average Bonchev–Trinajstić information content (AvgIpc) is 3.81. The number of nitrogens with zero attached hydrogens (tertiary/aromatic N) is 1. The predicted molar refractivity (Wildman–Crippen MR) is 222 cm³/mol. The zero-order valence-corrected chi connectivity index (χ0v) is 28.7.